The fraction of sp³-hybridized carbons (Fsp3) is 0.632. The van der Waals surface area contributed by atoms with E-state index in [4.69, 9.17) is 28.4 Å². The fourth-order valence-corrected chi connectivity index (χ4v) is 6.40. The molecule has 0 aromatic rings. The number of fused-ring (bicyclic) bond motifs is 1. The second kappa shape index (κ2) is 19.2. The first-order valence-electron chi connectivity index (χ1n) is 17.5. The Morgan fingerprint density at radius 3 is 2.37 bits per heavy atom. The Labute approximate surface area is 299 Å². The van der Waals surface area contributed by atoms with Crippen molar-refractivity contribution in [2.24, 2.45) is 29.1 Å². The summed E-state index contributed by atoms with van der Waals surface area (Å²) < 4.78 is 32.1. The summed E-state index contributed by atoms with van der Waals surface area (Å²) in [6.45, 7) is 16.6. The van der Waals surface area contributed by atoms with Gasteiger partial charge in [-0.2, -0.15) is 0 Å². The number of rotatable bonds is 16. The molecule has 13 heteroatoms. The van der Waals surface area contributed by atoms with Crippen molar-refractivity contribution in [2.75, 3.05) is 13.2 Å². The molecule has 284 valence electrons. The lowest BCUT2D eigenvalue weighted by Crippen LogP contribution is -2.60. The zero-order valence-electron chi connectivity index (χ0n) is 30.2. The van der Waals surface area contributed by atoms with Crippen LogP contribution in [-0.4, -0.2) is 95.5 Å². The van der Waals surface area contributed by atoms with Gasteiger partial charge in [-0.1, -0.05) is 70.4 Å². The highest BCUT2D eigenvalue weighted by Gasteiger charge is 2.49. The summed E-state index contributed by atoms with van der Waals surface area (Å²) in [4.78, 5) is 50.6. The number of hydrogen-bond donors (Lipinski definition) is 3. The molecule has 13 nitrogen and oxygen atoms in total. The predicted molar refractivity (Wildman–Crippen MR) is 184 cm³/mol. The molecular weight excluding hydrogens is 664 g/mol. The Morgan fingerprint density at radius 2 is 1.71 bits per heavy atom. The third kappa shape index (κ3) is 11.4. The average Bonchev–Trinajstić information content (AvgIpc) is 3.09. The molecule has 0 aromatic heterocycles. The van der Waals surface area contributed by atoms with Crippen LogP contribution in [0.15, 0.2) is 61.3 Å². The van der Waals surface area contributed by atoms with Gasteiger partial charge in [0.05, 0.1) is 5.41 Å². The second-order valence-electron chi connectivity index (χ2n) is 14.0. The summed E-state index contributed by atoms with van der Waals surface area (Å²) in [5.41, 5.74) is 0.505. The monoisotopic (exact) mass is 718 g/mol. The first-order chi connectivity index (χ1) is 24.1. The van der Waals surface area contributed by atoms with E-state index in [9.17, 15) is 34.5 Å². The Bertz CT molecular complexity index is 1330. The van der Waals surface area contributed by atoms with E-state index in [1.807, 2.05) is 20.8 Å². The molecule has 0 spiro atoms. The fourth-order valence-electron chi connectivity index (χ4n) is 6.40. The zero-order chi connectivity index (χ0) is 37.9. The van der Waals surface area contributed by atoms with Crippen LogP contribution in [0.1, 0.15) is 66.7 Å². The normalized spacial score (nSPS) is 31.0. The van der Waals surface area contributed by atoms with Gasteiger partial charge in [-0.3, -0.25) is 4.79 Å². The standard InChI is InChI=1S/C38H54O13/c1-8-18-46-34(43)33-31(41)30(40)32(42)35(51-33)50-28(39)13-11-12-25(48-37(45)47-19-9-2)16-17-26-23(5)14-15-24-20-22(4)21-27(29(24)26)49-36(44)38(6,7)10-3/h8-9,11,13-15,20,22-23,25-27,29-33,35,40-42H,1-2,10,12,16-19,21H2,3-7H3/t22?,23-,25-,26-,27?,29-,30?,31+,32+,33?,35-/m0/s1. The Kier molecular flexibility index (Phi) is 15.6. The van der Waals surface area contributed by atoms with E-state index in [-0.39, 0.29) is 55.4 Å². The molecule has 3 N–H and O–H groups in total. The van der Waals surface area contributed by atoms with Gasteiger partial charge in [0, 0.05) is 18.4 Å². The van der Waals surface area contributed by atoms with Crippen molar-refractivity contribution in [3.8, 4) is 0 Å². The number of hydrogen-bond acceptors (Lipinski definition) is 13. The maximum Gasteiger partial charge on any atom is 0.508 e. The lowest BCUT2D eigenvalue weighted by Gasteiger charge is -2.44. The molecule has 0 aromatic carbocycles. The molecule has 0 radical (unpaired) electrons. The third-order valence-electron chi connectivity index (χ3n) is 9.72. The molecule has 3 aliphatic rings. The summed E-state index contributed by atoms with van der Waals surface area (Å²) in [6.07, 6.45) is 2.98. The lowest BCUT2D eigenvalue weighted by molar-refractivity contribution is -0.285. The highest BCUT2D eigenvalue weighted by atomic mass is 16.7. The average molecular weight is 719 g/mol. The number of carbonyl (C=O) groups is 4. The van der Waals surface area contributed by atoms with Crippen LogP contribution in [0, 0.1) is 29.1 Å². The highest BCUT2D eigenvalue weighted by Crippen LogP contribution is 2.45. The molecule has 0 amide bonds. The van der Waals surface area contributed by atoms with Gasteiger partial charge in [0.1, 0.15) is 43.7 Å². The van der Waals surface area contributed by atoms with Gasteiger partial charge in [-0.25, -0.2) is 14.4 Å². The lowest BCUT2D eigenvalue weighted by atomic mass is 9.65. The Balaban J connectivity index is 1.72. The van der Waals surface area contributed by atoms with Crippen LogP contribution in [0.2, 0.25) is 0 Å². The van der Waals surface area contributed by atoms with Crippen molar-refractivity contribution in [3.05, 3.63) is 61.3 Å². The number of aliphatic hydroxyl groups is 3. The van der Waals surface area contributed by atoms with Gasteiger partial charge in [0.25, 0.3) is 0 Å². The summed E-state index contributed by atoms with van der Waals surface area (Å²) >= 11 is 0. The number of allylic oxidation sites excluding steroid dienone is 3. The van der Waals surface area contributed by atoms with Crippen LogP contribution >= 0.6 is 0 Å². The molecule has 3 rings (SSSR count). The molecular formula is C38H54O13. The highest BCUT2D eigenvalue weighted by molar-refractivity contribution is 5.82. The first-order valence-corrected chi connectivity index (χ1v) is 17.5. The number of aliphatic hydroxyl groups excluding tert-OH is 3. The molecule has 1 heterocycles. The Morgan fingerprint density at radius 1 is 1.02 bits per heavy atom. The van der Waals surface area contributed by atoms with Crippen molar-refractivity contribution < 1.29 is 62.9 Å². The van der Waals surface area contributed by atoms with E-state index >= 15 is 0 Å². The minimum absolute atomic E-state index is 0.0506. The minimum Gasteiger partial charge on any atom is -0.461 e. The summed E-state index contributed by atoms with van der Waals surface area (Å²) in [7, 11) is 0. The number of carbonyl (C=O) groups excluding carboxylic acids is 4. The maximum atomic E-state index is 13.2. The van der Waals surface area contributed by atoms with E-state index < -0.39 is 60.3 Å². The van der Waals surface area contributed by atoms with Crippen LogP contribution in [-0.2, 0) is 42.8 Å². The predicted octanol–water partition coefficient (Wildman–Crippen LogP) is 4.25. The van der Waals surface area contributed by atoms with Gasteiger partial charge in [-0.15, -0.1) is 0 Å². The van der Waals surface area contributed by atoms with Gasteiger partial charge >= 0.3 is 24.1 Å². The topological polar surface area (TPSA) is 184 Å². The summed E-state index contributed by atoms with van der Waals surface area (Å²) in [5.74, 6) is -1.91. The van der Waals surface area contributed by atoms with Crippen molar-refractivity contribution >= 4 is 24.1 Å². The van der Waals surface area contributed by atoms with Gasteiger partial charge in [-0.05, 0) is 62.9 Å². The minimum atomic E-state index is -1.87. The van der Waals surface area contributed by atoms with Crippen LogP contribution < -0.4 is 0 Å². The largest absolute Gasteiger partial charge is 0.508 e. The molecule has 2 aliphatic carbocycles. The van der Waals surface area contributed by atoms with Crippen molar-refractivity contribution in [2.45, 2.75) is 110 Å². The smallest absolute Gasteiger partial charge is 0.461 e. The van der Waals surface area contributed by atoms with Crippen molar-refractivity contribution in [1.82, 2.24) is 0 Å². The second-order valence-corrected chi connectivity index (χ2v) is 14.0. The third-order valence-corrected chi connectivity index (χ3v) is 9.72. The quantitative estimate of drug-likeness (QED) is 0.0892. The van der Waals surface area contributed by atoms with E-state index in [0.29, 0.717) is 25.7 Å². The van der Waals surface area contributed by atoms with E-state index in [1.165, 1.54) is 18.2 Å². The van der Waals surface area contributed by atoms with Crippen LogP contribution in [0.4, 0.5) is 4.79 Å². The van der Waals surface area contributed by atoms with Gasteiger partial charge < -0.3 is 43.7 Å². The number of ether oxygens (including phenoxy) is 6. The molecule has 11 atom stereocenters. The van der Waals surface area contributed by atoms with Crippen molar-refractivity contribution in [3.63, 3.8) is 0 Å². The van der Waals surface area contributed by atoms with Gasteiger partial charge in [0.15, 0.2) is 6.10 Å². The molecule has 4 unspecified atom stereocenters. The SMILES string of the molecule is C=CCOC(=O)O[C@@H](CC=CC(=O)O[C@H]1OC(C(=O)OCC=C)[C@H](O)C(O)[C@H]1O)CC[C@@H]1[C@@H]2C(=CC(C)CC2OC(=O)C(C)(C)CC)C=C[C@@H]1C. The molecule has 0 bridgehead atoms. The van der Waals surface area contributed by atoms with Crippen LogP contribution in [0.3, 0.4) is 0 Å². The van der Waals surface area contributed by atoms with E-state index in [0.717, 1.165) is 11.6 Å². The Hall–Kier alpha value is -3.78. The summed E-state index contributed by atoms with van der Waals surface area (Å²) in [6, 6.07) is 0. The van der Waals surface area contributed by atoms with Crippen LogP contribution in [0.5, 0.6) is 0 Å². The van der Waals surface area contributed by atoms with Crippen molar-refractivity contribution in [1.29, 1.82) is 0 Å². The zero-order valence-corrected chi connectivity index (χ0v) is 30.2. The van der Waals surface area contributed by atoms with Gasteiger partial charge in [0.2, 0.25) is 6.29 Å². The molecule has 1 fully saturated rings. The molecule has 51 heavy (non-hydrogen) atoms. The molecule has 1 saturated heterocycles. The van der Waals surface area contributed by atoms with Crippen LogP contribution in [0.25, 0.3) is 0 Å². The summed E-state index contributed by atoms with van der Waals surface area (Å²) in [5, 5.41) is 30.7. The molecule has 1 aliphatic heterocycles. The number of esters is 3. The maximum absolute atomic E-state index is 13.2. The first kappa shape index (κ1) is 41.6. The van der Waals surface area contributed by atoms with E-state index in [2.05, 4.69) is 45.2 Å². The molecule has 0 saturated carbocycles. The van der Waals surface area contributed by atoms with E-state index in [1.54, 1.807) is 0 Å².